The second-order valence-electron chi connectivity index (χ2n) is 3.89. The molecule has 2 aromatic rings. The predicted octanol–water partition coefficient (Wildman–Crippen LogP) is 0.964. The van der Waals surface area contributed by atoms with Crippen LogP contribution in [-0.4, -0.2) is 18.2 Å². The molecule has 1 N–H and O–H groups in total. The number of anilines is 1. The summed E-state index contributed by atoms with van der Waals surface area (Å²) < 4.78 is 28.0. The lowest BCUT2D eigenvalue weighted by molar-refractivity contribution is 0.600. The van der Waals surface area contributed by atoms with E-state index in [-0.39, 0.29) is 21.8 Å². The standard InChI is InChI=1S/C12H9N5O2S/c1-17-8-10(7-14)12(15-17)16-20(18,19)11-5-3-2-4-9(11)6-13/h2-5,8H,1H3,(H,15,16). The van der Waals surface area contributed by atoms with Gasteiger partial charge in [0.2, 0.25) is 0 Å². The van der Waals surface area contributed by atoms with Crippen LogP contribution in [0.3, 0.4) is 0 Å². The summed E-state index contributed by atoms with van der Waals surface area (Å²) in [4.78, 5) is -0.156. The Balaban J connectivity index is 2.47. The Hall–Kier alpha value is -2.84. The molecule has 1 aromatic carbocycles. The van der Waals surface area contributed by atoms with Gasteiger partial charge in [0.15, 0.2) is 5.82 Å². The molecule has 1 heterocycles. The fraction of sp³-hybridized carbons (Fsp3) is 0.0833. The number of hydrogen-bond acceptors (Lipinski definition) is 5. The minimum absolute atomic E-state index is 0.0226. The van der Waals surface area contributed by atoms with Crippen LogP contribution in [0.15, 0.2) is 35.4 Å². The molecule has 2 rings (SSSR count). The van der Waals surface area contributed by atoms with Gasteiger partial charge in [-0.25, -0.2) is 8.42 Å². The van der Waals surface area contributed by atoms with Gasteiger partial charge in [0.25, 0.3) is 10.0 Å². The van der Waals surface area contributed by atoms with Gasteiger partial charge in [-0.2, -0.15) is 15.6 Å². The van der Waals surface area contributed by atoms with Gasteiger partial charge < -0.3 is 0 Å². The highest BCUT2D eigenvalue weighted by Gasteiger charge is 2.21. The van der Waals surface area contributed by atoms with Gasteiger partial charge in [0, 0.05) is 13.2 Å². The lowest BCUT2D eigenvalue weighted by atomic mass is 10.2. The zero-order valence-corrected chi connectivity index (χ0v) is 11.2. The van der Waals surface area contributed by atoms with Crippen LogP contribution in [0.5, 0.6) is 0 Å². The highest BCUT2D eigenvalue weighted by molar-refractivity contribution is 7.92. The third kappa shape index (κ3) is 2.46. The largest absolute Gasteiger partial charge is 0.272 e. The summed E-state index contributed by atoms with van der Waals surface area (Å²) in [5, 5.41) is 21.7. The average Bonchev–Trinajstić information content (AvgIpc) is 2.77. The summed E-state index contributed by atoms with van der Waals surface area (Å²) in [7, 11) is -2.40. The molecule has 0 atom stereocenters. The van der Waals surface area contributed by atoms with E-state index in [2.05, 4.69) is 9.82 Å². The quantitative estimate of drug-likeness (QED) is 0.903. The monoisotopic (exact) mass is 287 g/mol. The SMILES string of the molecule is Cn1cc(C#N)c(NS(=O)(=O)c2ccccc2C#N)n1. The molecule has 0 spiro atoms. The third-order valence-corrected chi connectivity index (χ3v) is 3.87. The van der Waals surface area contributed by atoms with Crippen LogP contribution in [0, 0.1) is 22.7 Å². The Labute approximate surface area is 115 Å². The normalized spacial score (nSPS) is 10.6. The Bertz CT molecular complexity index is 839. The Morgan fingerprint density at radius 2 is 1.85 bits per heavy atom. The minimum Gasteiger partial charge on any atom is -0.272 e. The number of sulfonamides is 1. The first-order chi connectivity index (χ1) is 9.47. The van der Waals surface area contributed by atoms with Gasteiger partial charge >= 0.3 is 0 Å². The molecule has 0 aliphatic rings. The number of nitrogens with one attached hydrogen (secondary N) is 1. The predicted molar refractivity (Wildman–Crippen MR) is 69.9 cm³/mol. The number of nitriles is 2. The highest BCUT2D eigenvalue weighted by Crippen LogP contribution is 2.20. The van der Waals surface area contributed by atoms with E-state index in [9.17, 15) is 8.42 Å². The zero-order chi connectivity index (χ0) is 14.8. The molecule has 0 saturated heterocycles. The second-order valence-corrected chi connectivity index (χ2v) is 5.54. The van der Waals surface area contributed by atoms with Crippen molar-refractivity contribution in [2.45, 2.75) is 4.90 Å². The topological polar surface area (TPSA) is 112 Å². The maximum Gasteiger partial charge on any atom is 0.264 e. The summed E-state index contributed by atoms with van der Waals surface area (Å²) in [5.74, 6) is -0.0669. The van der Waals surface area contributed by atoms with Crippen molar-refractivity contribution in [3.05, 3.63) is 41.6 Å². The number of aryl methyl sites for hydroxylation is 1. The summed E-state index contributed by atoms with van der Waals surface area (Å²) in [6, 6.07) is 9.45. The maximum atomic E-state index is 12.2. The molecular weight excluding hydrogens is 278 g/mol. The lowest BCUT2D eigenvalue weighted by Crippen LogP contribution is -2.15. The molecule has 0 aliphatic carbocycles. The first-order valence-electron chi connectivity index (χ1n) is 5.43. The number of hydrogen-bond donors (Lipinski definition) is 1. The van der Waals surface area contributed by atoms with E-state index < -0.39 is 10.0 Å². The average molecular weight is 287 g/mol. The van der Waals surface area contributed by atoms with Crippen LogP contribution in [0.1, 0.15) is 11.1 Å². The summed E-state index contributed by atoms with van der Waals surface area (Å²) in [6.07, 6.45) is 1.40. The Kier molecular flexibility index (Phi) is 3.42. The molecule has 0 aliphatic heterocycles. The summed E-state index contributed by atoms with van der Waals surface area (Å²) in [5.41, 5.74) is 0.125. The number of rotatable bonds is 3. The van der Waals surface area contributed by atoms with E-state index in [1.807, 2.05) is 12.1 Å². The van der Waals surface area contributed by atoms with Gasteiger partial charge in [-0.05, 0) is 12.1 Å². The molecule has 7 nitrogen and oxygen atoms in total. The molecule has 0 fully saturated rings. The van der Waals surface area contributed by atoms with Crippen LogP contribution in [0.2, 0.25) is 0 Å². The maximum absolute atomic E-state index is 12.2. The van der Waals surface area contributed by atoms with Crippen LogP contribution in [-0.2, 0) is 17.1 Å². The fourth-order valence-electron chi connectivity index (χ4n) is 1.62. The molecule has 1 aromatic heterocycles. The van der Waals surface area contributed by atoms with Gasteiger partial charge in [-0.1, -0.05) is 12.1 Å². The van der Waals surface area contributed by atoms with E-state index in [1.54, 1.807) is 13.1 Å². The summed E-state index contributed by atoms with van der Waals surface area (Å²) >= 11 is 0. The second kappa shape index (κ2) is 5.03. The van der Waals surface area contributed by atoms with E-state index in [4.69, 9.17) is 10.5 Å². The van der Waals surface area contributed by atoms with E-state index in [0.29, 0.717) is 0 Å². The van der Waals surface area contributed by atoms with Crippen LogP contribution >= 0.6 is 0 Å². The Morgan fingerprint density at radius 1 is 1.20 bits per heavy atom. The molecule has 100 valence electrons. The smallest absolute Gasteiger partial charge is 0.264 e. The fourth-order valence-corrected chi connectivity index (χ4v) is 2.80. The van der Waals surface area contributed by atoms with Crippen molar-refractivity contribution in [3.63, 3.8) is 0 Å². The Morgan fingerprint density at radius 3 is 2.50 bits per heavy atom. The zero-order valence-electron chi connectivity index (χ0n) is 10.4. The molecule has 0 saturated carbocycles. The lowest BCUT2D eigenvalue weighted by Gasteiger charge is -2.07. The van der Waals surface area contributed by atoms with Gasteiger partial charge in [0.05, 0.1) is 5.56 Å². The molecule has 0 radical (unpaired) electrons. The summed E-state index contributed by atoms with van der Waals surface area (Å²) in [6.45, 7) is 0. The van der Waals surface area contributed by atoms with Crippen LogP contribution in [0.25, 0.3) is 0 Å². The first-order valence-corrected chi connectivity index (χ1v) is 6.92. The van der Waals surface area contributed by atoms with E-state index in [1.165, 1.54) is 29.1 Å². The van der Waals surface area contributed by atoms with Gasteiger partial charge in [0.1, 0.15) is 22.6 Å². The van der Waals surface area contributed by atoms with E-state index in [0.717, 1.165) is 0 Å². The minimum atomic E-state index is -3.97. The van der Waals surface area contributed by atoms with Crippen LogP contribution < -0.4 is 4.72 Å². The van der Waals surface area contributed by atoms with Crippen molar-refractivity contribution in [1.82, 2.24) is 9.78 Å². The van der Waals surface area contributed by atoms with E-state index >= 15 is 0 Å². The molecule has 0 bridgehead atoms. The van der Waals surface area contributed by atoms with Crippen molar-refractivity contribution in [2.75, 3.05) is 4.72 Å². The third-order valence-electron chi connectivity index (χ3n) is 2.48. The van der Waals surface area contributed by atoms with Crippen LogP contribution in [0.4, 0.5) is 5.82 Å². The first kappa shape index (κ1) is 13.6. The van der Waals surface area contributed by atoms with Gasteiger partial charge in [-0.3, -0.25) is 9.40 Å². The molecule has 0 amide bonds. The number of nitrogens with zero attached hydrogens (tertiary/aromatic N) is 4. The van der Waals surface area contributed by atoms with Crippen molar-refractivity contribution in [1.29, 1.82) is 10.5 Å². The molecule has 20 heavy (non-hydrogen) atoms. The van der Waals surface area contributed by atoms with Crippen molar-refractivity contribution in [3.8, 4) is 12.1 Å². The molecule has 8 heteroatoms. The highest BCUT2D eigenvalue weighted by atomic mass is 32.2. The van der Waals surface area contributed by atoms with Crippen molar-refractivity contribution in [2.24, 2.45) is 7.05 Å². The molecular formula is C12H9N5O2S. The number of aromatic nitrogens is 2. The number of benzene rings is 1. The van der Waals surface area contributed by atoms with Crippen molar-refractivity contribution < 1.29 is 8.42 Å². The van der Waals surface area contributed by atoms with Crippen molar-refractivity contribution >= 4 is 15.8 Å². The van der Waals surface area contributed by atoms with Gasteiger partial charge in [-0.15, -0.1) is 0 Å². The molecule has 0 unspecified atom stereocenters.